The van der Waals surface area contributed by atoms with E-state index in [0.717, 1.165) is 6.42 Å². The van der Waals surface area contributed by atoms with Crippen LogP contribution < -0.4 is 4.74 Å². The highest BCUT2D eigenvalue weighted by atomic mass is 16.5. The second kappa shape index (κ2) is 9.77. The Balaban J connectivity index is 1.69. The number of amides is 1. The number of hydrogen-bond acceptors (Lipinski definition) is 6. The molecule has 0 spiro atoms. The molecule has 1 unspecified atom stereocenters. The molecular weight excluding hydrogens is 422 g/mol. The molecule has 172 valence electrons. The first-order valence-electron chi connectivity index (χ1n) is 11.0. The molecular formula is C25H27N3O5. The third-order valence-corrected chi connectivity index (χ3v) is 5.53. The average Bonchev–Trinajstić information content (AvgIpc) is 3.54. The molecule has 8 nitrogen and oxygen atoms in total. The normalized spacial score (nSPS) is 17.6. The number of likely N-dealkylation sites (tertiary alicyclic amines) is 1. The molecule has 1 atom stereocenters. The largest absolute Gasteiger partial charge is 0.507 e. The number of Topliss-reactive ketones (excluding diaryl/α,β-unsaturated/α-hetero) is 1. The Kier molecular flexibility index (Phi) is 6.63. The Labute approximate surface area is 192 Å². The minimum absolute atomic E-state index is 0.0182. The molecule has 1 aliphatic heterocycles. The number of imidazole rings is 1. The molecule has 0 bridgehead atoms. The molecule has 1 saturated heterocycles. The summed E-state index contributed by atoms with van der Waals surface area (Å²) in [6.45, 7) is 5.30. The lowest BCUT2D eigenvalue weighted by Crippen LogP contribution is -2.31. The third-order valence-electron chi connectivity index (χ3n) is 5.53. The molecule has 1 N–H and O–H groups in total. The second-order valence-electron chi connectivity index (χ2n) is 7.97. The predicted octanol–water partition coefficient (Wildman–Crippen LogP) is 4.09. The molecule has 1 fully saturated rings. The number of aryl methyl sites for hydroxylation is 2. The molecule has 0 aliphatic carbocycles. The van der Waals surface area contributed by atoms with Gasteiger partial charge in [0.1, 0.15) is 29.1 Å². The van der Waals surface area contributed by atoms with Crippen molar-refractivity contribution in [1.82, 2.24) is 14.5 Å². The van der Waals surface area contributed by atoms with Crippen molar-refractivity contribution in [3.05, 3.63) is 77.8 Å². The standard InChI is InChI=1S/C25H27N3O5/c1-3-14-32-19-7-4-6-18(15-19)23(29)21-22(20-9-8-17(2)33-20)28(25(31)24(21)30)12-5-11-27-13-10-26-16-27/h4,6-10,13,15-16,22,29H,3,5,11-12,14H2,1-2H3. The second-order valence-corrected chi connectivity index (χ2v) is 7.97. The quantitative estimate of drug-likeness (QED) is 0.300. The van der Waals surface area contributed by atoms with Crippen molar-refractivity contribution >= 4 is 17.4 Å². The highest BCUT2D eigenvalue weighted by Gasteiger charge is 2.47. The molecule has 3 heterocycles. The number of aliphatic hydroxyl groups excluding tert-OH is 1. The van der Waals surface area contributed by atoms with E-state index < -0.39 is 17.7 Å². The van der Waals surface area contributed by atoms with Crippen molar-refractivity contribution in [1.29, 1.82) is 0 Å². The fourth-order valence-electron chi connectivity index (χ4n) is 3.96. The number of carbonyl (C=O) groups is 2. The van der Waals surface area contributed by atoms with E-state index in [0.29, 0.717) is 49.0 Å². The highest BCUT2D eigenvalue weighted by Crippen LogP contribution is 2.40. The molecule has 0 saturated carbocycles. The van der Waals surface area contributed by atoms with Crippen LogP contribution in [-0.4, -0.2) is 44.4 Å². The van der Waals surface area contributed by atoms with E-state index in [1.165, 1.54) is 4.90 Å². The summed E-state index contributed by atoms with van der Waals surface area (Å²) in [7, 11) is 0. The summed E-state index contributed by atoms with van der Waals surface area (Å²) in [5.41, 5.74) is 0.429. The van der Waals surface area contributed by atoms with Crippen LogP contribution in [0.5, 0.6) is 5.75 Å². The van der Waals surface area contributed by atoms with Gasteiger partial charge in [0.05, 0.1) is 18.5 Å². The monoisotopic (exact) mass is 449 g/mol. The summed E-state index contributed by atoms with van der Waals surface area (Å²) in [4.78, 5) is 31.6. The van der Waals surface area contributed by atoms with Crippen LogP contribution in [-0.2, 0) is 16.1 Å². The zero-order valence-electron chi connectivity index (χ0n) is 18.7. The van der Waals surface area contributed by atoms with Crippen molar-refractivity contribution < 1.29 is 23.8 Å². The first-order valence-corrected chi connectivity index (χ1v) is 11.0. The lowest BCUT2D eigenvalue weighted by atomic mass is 9.99. The lowest BCUT2D eigenvalue weighted by molar-refractivity contribution is -0.140. The molecule has 2 aromatic heterocycles. The summed E-state index contributed by atoms with van der Waals surface area (Å²) in [6.07, 6.45) is 6.69. The van der Waals surface area contributed by atoms with Gasteiger partial charge in [-0.15, -0.1) is 0 Å². The predicted molar refractivity (Wildman–Crippen MR) is 122 cm³/mol. The summed E-state index contributed by atoms with van der Waals surface area (Å²) in [5, 5.41) is 11.2. The van der Waals surface area contributed by atoms with E-state index in [1.807, 2.05) is 17.7 Å². The summed E-state index contributed by atoms with van der Waals surface area (Å²) < 4.78 is 13.4. The topological polar surface area (TPSA) is 97.8 Å². The number of aliphatic hydroxyl groups is 1. The summed E-state index contributed by atoms with van der Waals surface area (Å²) >= 11 is 0. The molecule has 8 heteroatoms. The number of ketones is 1. The maximum absolute atomic E-state index is 13.1. The van der Waals surface area contributed by atoms with Crippen LogP contribution in [0, 0.1) is 6.92 Å². The SMILES string of the molecule is CCCOc1cccc(C(O)=C2C(=O)C(=O)N(CCCn3ccnc3)C2c2ccc(C)o2)c1. The zero-order valence-corrected chi connectivity index (χ0v) is 18.7. The van der Waals surface area contributed by atoms with Gasteiger partial charge in [-0.3, -0.25) is 9.59 Å². The van der Waals surface area contributed by atoms with Crippen LogP contribution in [0.1, 0.15) is 42.9 Å². The molecule has 33 heavy (non-hydrogen) atoms. The molecule has 3 aromatic rings. The molecule has 1 amide bonds. The molecule has 1 aliphatic rings. The number of carbonyl (C=O) groups excluding carboxylic acids is 2. The van der Waals surface area contributed by atoms with Gasteiger partial charge in [-0.1, -0.05) is 19.1 Å². The first-order chi connectivity index (χ1) is 16.0. The number of nitrogens with zero attached hydrogens (tertiary/aromatic N) is 3. The van der Waals surface area contributed by atoms with Gasteiger partial charge in [0, 0.05) is 31.0 Å². The van der Waals surface area contributed by atoms with Crippen LogP contribution in [0.4, 0.5) is 0 Å². The number of ether oxygens (including phenoxy) is 1. The van der Waals surface area contributed by atoms with Gasteiger partial charge in [0.15, 0.2) is 0 Å². The Morgan fingerprint density at radius 2 is 2.06 bits per heavy atom. The van der Waals surface area contributed by atoms with Crippen LogP contribution in [0.25, 0.3) is 5.76 Å². The third kappa shape index (κ3) is 4.69. The maximum Gasteiger partial charge on any atom is 0.295 e. The Bertz CT molecular complexity index is 1160. The first kappa shape index (κ1) is 22.4. The minimum Gasteiger partial charge on any atom is -0.507 e. The van der Waals surface area contributed by atoms with Crippen molar-refractivity contribution in [2.24, 2.45) is 0 Å². The van der Waals surface area contributed by atoms with Gasteiger partial charge >= 0.3 is 0 Å². The zero-order chi connectivity index (χ0) is 23.4. The minimum atomic E-state index is -0.804. The summed E-state index contributed by atoms with van der Waals surface area (Å²) in [5.74, 6) is 0.0548. The van der Waals surface area contributed by atoms with Gasteiger partial charge < -0.3 is 23.7 Å². The van der Waals surface area contributed by atoms with Crippen molar-refractivity contribution in [3.63, 3.8) is 0 Å². The van der Waals surface area contributed by atoms with E-state index in [9.17, 15) is 14.7 Å². The maximum atomic E-state index is 13.1. The molecule has 1 aromatic carbocycles. The van der Waals surface area contributed by atoms with E-state index >= 15 is 0 Å². The van der Waals surface area contributed by atoms with Crippen LogP contribution in [0.15, 0.2) is 65.1 Å². The van der Waals surface area contributed by atoms with Crippen molar-refractivity contribution in [2.45, 2.75) is 39.3 Å². The van der Waals surface area contributed by atoms with Crippen LogP contribution in [0.3, 0.4) is 0 Å². The van der Waals surface area contributed by atoms with E-state index in [1.54, 1.807) is 55.8 Å². The van der Waals surface area contributed by atoms with Crippen LogP contribution >= 0.6 is 0 Å². The van der Waals surface area contributed by atoms with Crippen molar-refractivity contribution in [2.75, 3.05) is 13.2 Å². The Morgan fingerprint density at radius 1 is 1.21 bits per heavy atom. The lowest BCUT2D eigenvalue weighted by Gasteiger charge is -2.23. The van der Waals surface area contributed by atoms with Gasteiger partial charge in [0.2, 0.25) is 0 Å². The highest BCUT2D eigenvalue weighted by molar-refractivity contribution is 6.46. The van der Waals surface area contributed by atoms with Gasteiger partial charge in [-0.2, -0.15) is 0 Å². The molecule has 4 rings (SSSR count). The van der Waals surface area contributed by atoms with Crippen molar-refractivity contribution in [3.8, 4) is 5.75 Å². The number of aromatic nitrogens is 2. The summed E-state index contributed by atoms with van der Waals surface area (Å²) in [6, 6.07) is 9.60. The Morgan fingerprint density at radius 3 is 2.76 bits per heavy atom. The smallest absolute Gasteiger partial charge is 0.295 e. The van der Waals surface area contributed by atoms with E-state index in [4.69, 9.17) is 9.15 Å². The number of benzene rings is 1. The van der Waals surface area contributed by atoms with Gasteiger partial charge in [0.25, 0.3) is 11.7 Å². The number of furan rings is 1. The average molecular weight is 450 g/mol. The Hall–Kier alpha value is -3.81. The fraction of sp³-hybridized carbons (Fsp3) is 0.320. The number of rotatable bonds is 9. The molecule has 0 radical (unpaired) electrons. The van der Waals surface area contributed by atoms with Gasteiger partial charge in [-0.25, -0.2) is 4.98 Å². The van der Waals surface area contributed by atoms with Crippen LogP contribution in [0.2, 0.25) is 0 Å². The number of hydrogen-bond donors (Lipinski definition) is 1. The van der Waals surface area contributed by atoms with Gasteiger partial charge in [-0.05, 0) is 44.0 Å². The van der Waals surface area contributed by atoms with E-state index in [-0.39, 0.29) is 11.3 Å². The van der Waals surface area contributed by atoms with E-state index in [2.05, 4.69) is 4.98 Å². The fourth-order valence-corrected chi connectivity index (χ4v) is 3.96.